The van der Waals surface area contributed by atoms with E-state index in [0.29, 0.717) is 17.9 Å². The van der Waals surface area contributed by atoms with E-state index >= 15 is 0 Å². The van der Waals surface area contributed by atoms with Gasteiger partial charge in [-0.1, -0.05) is 26.2 Å². The summed E-state index contributed by atoms with van der Waals surface area (Å²) in [6.07, 6.45) is 5.46. The van der Waals surface area contributed by atoms with Crippen molar-refractivity contribution in [2.45, 2.75) is 52.9 Å². The maximum absolute atomic E-state index is 11.3. The van der Waals surface area contributed by atoms with Gasteiger partial charge in [-0.25, -0.2) is 4.79 Å². The molecule has 0 amide bonds. The number of carbonyl (C=O) groups is 1. The number of hydrogen-bond donors (Lipinski definition) is 1. The van der Waals surface area contributed by atoms with Gasteiger partial charge in [0.1, 0.15) is 0 Å². The van der Waals surface area contributed by atoms with Gasteiger partial charge >= 0.3 is 5.97 Å². The van der Waals surface area contributed by atoms with E-state index < -0.39 is 0 Å². The van der Waals surface area contributed by atoms with Gasteiger partial charge in [0.2, 0.25) is 0 Å². The summed E-state index contributed by atoms with van der Waals surface area (Å²) < 4.78 is 4.88. The summed E-state index contributed by atoms with van der Waals surface area (Å²) in [5.74, 6) is -0.287. The molecule has 0 spiro atoms. The van der Waals surface area contributed by atoms with Crippen LogP contribution in [0.25, 0.3) is 0 Å². The van der Waals surface area contributed by atoms with E-state index in [1.54, 1.807) is 13.8 Å². The van der Waals surface area contributed by atoms with Crippen LogP contribution in [0.2, 0.25) is 0 Å². The van der Waals surface area contributed by atoms with Crippen molar-refractivity contribution in [2.75, 3.05) is 6.61 Å². The molecule has 15 heavy (non-hydrogen) atoms. The Labute approximate surface area is 92.7 Å². The first-order valence-electron chi connectivity index (χ1n) is 5.75. The molecule has 0 saturated heterocycles. The molecule has 0 atom stereocenters. The van der Waals surface area contributed by atoms with E-state index in [1.807, 2.05) is 0 Å². The zero-order valence-corrected chi connectivity index (χ0v) is 10.1. The Hall–Kier alpha value is -0.990. The first-order valence-corrected chi connectivity index (χ1v) is 5.75. The zero-order chi connectivity index (χ0) is 11.7. The van der Waals surface area contributed by atoms with E-state index in [4.69, 9.17) is 10.5 Å². The van der Waals surface area contributed by atoms with Gasteiger partial charge in [-0.15, -0.1) is 0 Å². The van der Waals surface area contributed by atoms with Crippen LogP contribution in [0, 0.1) is 0 Å². The predicted octanol–water partition coefficient (Wildman–Crippen LogP) is 2.75. The quantitative estimate of drug-likeness (QED) is 0.402. The molecular weight excluding hydrogens is 190 g/mol. The second-order valence-electron chi connectivity index (χ2n) is 3.68. The van der Waals surface area contributed by atoms with Crippen LogP contribution in [0.3, 0.4) is 0 Å². The molecule has 3 heteroatoms. The molecule has 0 aromatic rings. The standard InChI is InChI=1S/C12H23NO2/c1-4-6-7-8-9-11(13)10(3)12(14)15-5-2/h4-9,13H2,1-3H3. The van der Waals surface area contributed by atoms with Crippen molar-refractivity contribution in [3.05, 3.63) is 11.3 Å². The Balaban J connectivity index is 3.97. The number of unbranched alkanes of at least 4 members (excludes halogenated alkanes) is 3. The van der Waals surface area contributed by atoms with Gasteiger partial charge in [0.25, 0.3) is 0 Å². The van der Waals surface area contributed by atoms with Crippen LogP contribution in [-0.4, -0.2) is 12.6 Å². The van der Waals surface area contributed by atoms with Gasteiger partial charge in [-0.2, -0.15) is 0 Å². The molecule has 0 aliphatic carbocycles. The van der Waals surface area contributed by atoms with Gasteiger partial charge < -0.3 is 10.5 Å². The van der Waals surface area contributed by atoms with Crippen molar-refractivity contribution in [2.24, 2.45) is 5.73 Å². The van der Waals surface area contributed by atoms with E-state index in [-0.39, 0.29) is 5.97 Å². The summed E-state index contributed by atoms with van der Waals surface area (Å²) in [5, 5.41) is 0. The van der Waals surface area contributed by atoms with Gasteiger partial charge in [-0.3, -0.25) is 0 Å². The fraction of sp³-hybridized carbons (Fsp3) is 0.750. The Morgan fingerprint density at radius 3 is 2.40 bits per heavy atom. The zero-order valence-electron chi connectivity index (χ0n) is 10.1. The molecule has 0 rings (SSSR count). The van der Waals surface area contributed by atoms with E-state index in [9.17, 15) is 4.79 Å². The van der Waals surface area contributed by atoms with Gasteiger partial charge in [0, 0.05) is 5.70 Å². The highest BCUT2D eigenvalue weighted by Crippen LogP contribution is 2.10. The van der Waals surface area contributed by atoms with Crippen LogP contribution >= 0.6 is 0 Å². The van der Waals surface area contributed by atoms with Crippen LogP contribution < -0.4 is 5.73 Å². The van der Waals surface area contributed by atoms with Gasteiger partial charge in [-0.05, 0) is 26.7 Å². The third-order valence-electron chi connectivity index (χ3n) is 2.36. The van der Waals surface area contributed by atoms with Crippen LogP contribution in [-0.2, 0) is 9.53 Å². The molecule has 0 aliphatic rings. The average molecular weight is 213 g/mol. The second-order valence-corrected chi connectivity index (χ2v) is 3.68. The molecular formula is C12H23NO2. The maximum atomic E-state index is 11.3. The molecule has 0 saturated carbocycles. The number of hydrogen-bond acceptors (Lipinski definition) is 3. The number of carbonyl (C=O) groups excluding carboxylic acids is 1. The van der Waals surface area contributed by atoms with Crippen LogP contribution in [0.1, 0.15) is 52.9 Å². The number of allylic oxidation sites excluding steroid dienone is 1. The van der Waals surface area contributed by atoms with Crippen molar-refractivity contribution >= 4 is 5.97 Å². The monoisotopic (exact) mass is 213 g/mol. The van der Waals surface area contributed by atoms with Crippen LogP contribution in [0.5, 0.6) is 0 Å². The molecule has 0 aliphatic heterocycles. The second kappa shape index (κ2) is 8.33. The summed E-state index contributed by atoms with van der Waals surface area (Å²) in [5.41, 5.74) is 7.04. The lowest BCUT2D eigenvalue weighted by atomic mass is 10.1. The number of esters is 1. The van der Waals surface area contributed by atoms with Gasteiger partial charge in [0.05, 0.1) is 12.2 Å². The third-order valence-corrected chi connectivity index (χ3v) is 2.36. The lowest BCUT2D eigenvalue weighted by molar-refractivity contribution is -0.138. The summed E-state index contributed by atoms with van der Waals surface area (Å²) >= 11 is 0. The minimum absolute atomic E-state index is 0.287. The highest BCUT2D eigenvalue weighted by atomic mass is 16.5. The normalized spacial score (nSPS) is 12.2. The van der Waals surface area contributed by atoms with E-state index in [1.165, 1.54) is 19.3 Å². The molecule has 0 aromatic heterocycles. The number of rotatable bonds is 7. The summed E-state index contributed by atoms with van der Waals surface area (Å²) in [6.45, 7) is 6.10. The predicted molar refractivity (Wildman–Crippen MR) is 62.3 cm³/mol. The highest BCUT2D eigenvalue weighted by Gasteiger charge is 2.08. The fourth-order valence-corrected chi connectivity index (χ4v) is 1.30. The Morgan fingerprint density at radius 2 is 1.87 bits per heavy atom. The molecule has 0 radical (unpaired) electrons. The summed E-state index contributed by atoms with van der Waals surface area (Å²) in [7, 11) is 0. The Bertz CT molecular complexity index is 222. The Morgan fingerprint density at radius 1 is 1.20 bits per heavy atom. The van der Waals surface area contributed by atoms with Crippen LogP contribution in [0.15, 0.2) is 11.3 Å². The molecule has 3 nitrogen and oxygen atoms in total. The van der Waals surface area contributed by atoms with Crippen molar-refractivity contribution < 1.29 is 9.53 Å². The van der Waals surface area contributed by atoms with Crippen molar-refractivity contribution in [3.63, 3.8) is 0 Å². The SMILES string of the molecule is CCCCCCC(N)=C(C)C(=O)OCC. The summed E-state index contributed by atoms with van der Waals surface area (Å²) in [4.78, 5) is 11.3. The topological polar surface area (TPSA) is 52.3 Å². The van der Waals surface area contributed by atoms with Crippen molar-refractivity contribution in [1.82, 2.24) is 0 Å². The first kappa shape index (κ1) is 14.0. The highest BCUT2D eigenvalue weighted by molar-refractivity contribution is 5.88. The maximum Gasteiger partial charge on any atom is 0.335 e. The van der Waals surface area contributed by atoms with E-state index in [0.717, 1.165) is 12.8 Å². The molecule has 88 valence electrons. The van der Waals surface area contributed by atoms with Crippen molar-refractivity contribution in [3.8, 4) is 0 Å². The molecule has 0 bridgehead atoms. The third kappa shape index (κ3) is 6.15. The van der Waals surface area contributed by atoms with Crippen molar-refractivity contribution in [1.29, 1.82) is 0 Å². The Kier molecular flexibility index (Phi) is 7.78. The van der Waals surface area contributed by atoms with Crippen LogP contribution in [0.4, 0.5) is 0 Å². The summed E-state index contributed by atoms with van der Waals surface area (Å²) in [6, 6.07) is 0. The fourth-order valence-electron chi connectivity index (χ4n) is 1.30. The lowest BCUT2D eigenvalue weighted by Crippen LogP contribution is -2.12. The first-order chi connectivity index (χ1) is 7.13. The number of ether oxygens (including phenoxy) is 1. The molecule has 0 unspecified atom stereocenters. The smallest absolute Gasteiger partial charge is 0.335 e. The van der Waals surface area contributed by atoms with E-state index in [2.05, 4.69) is 6.92 Å². The minimum Gasteiger partial charge on any atom is -0.463 e. The van der Waals surface area contributed by atoms with Gasteiger partial charge in [0.15, 0.2) is 0 Å². The minimum atomic E-state index is -0.287. The molecule has 2 N–H and O–H groups in total. The molecule has 0 heterocycles. The molecule has 0 aromatic carbocycles. The lowest BCUT2D eigenvalue weighted by Gasteiger charge is -2.06. The average Bonchev–Trinajstić information content (AvgIpc) is 2.23. The molecule has 0 fully saturated rings. The largest absolute Gasteiger partial charge is 0.463 e. The number of nitrogens with two attached hydrogens (primary N) is 1.